The number of halogens is 1. The van der Waals surface area contributed by atoms with Crippen LogP contribution in [0.1, 0.15) is 18.9 Å². The van der Waals surface area contributed by atoms with Gasteiger partial charge in [-0.2, -0.15) is 0 Å². The average Bonchev–Trinajstić information content (AvgIpc) is 2.27. The summed E-state index contributed by atoms with van der Waals surface area (Å²) in [6, 6.07) is 6.83. The highest BCUT2D eigenvalue weighted by atomic mass is 35.5. The first-order valence-electron chi connectivity index (χ1n) is 4.78. The van der Waals surface area contributed by atoms with E-state index in [4.69, 9.17) is 16.7 Å². The van der Waals surface area contributed by atoms with Gasteiger partial charge in [0, 0.05) is 10.6 Å². The quantitative estimate of drug-likeness (QED) is 0.648. The normalized spacial score (nSPS) is 11.2. The summed E-state index contributed by atoms with van der Waals surface area (Å²) in [6.45, 7) is 1.74. The van der Waals surface area contributed by atoms with Crippen molar-refractivity contribution in [1.82, 2.24) is 0 Å². The number of hydrogen-bond acceptors (Lipinski definition) is 2. The molecule has 3 nitrogen and oxygen atoms in total. The third kappa shape index (κ3) is 3.21. The Kier molecular flexibility index (Phi) is 4.26. The molecule has 0 radical (unpaired) electrons. The number of carbonyl (C=O) groups excluding carboxylic acids is 1. The van der Waals surface area contributed by atoms with E-state index in [1.165, 1.54) is 0 Å². The molecule has 1 aromatic rings. The van der Waals surface area contributed by atoms with Crippen molar-refractivity contribution in [2.75, 3.05) is 0 Å². The van der Waals surface area contributed by atoms with Crippen molar-refractivity contribution in [1.29, 1.82) is 0 Å². The van der Waals surface area contributed by atoms with Crippen LogP contribution in [0.3, 0.4) is 0 Å². The van der Waals surface area contributed by atoms with Crippen LogP contribution in [0.4, 0.5) is 0 Å². The van der Waals surface area contributed by atoms with Gasteiger partial charge in [-0.05, 0) is 30.2 Å². The van der Waals surface area contributed by atoms with Gasteiger partial charge < -0.3 is 5.11 Å². The fraction of sp³-hybridized carbons (Fsp3) is 0.167. The van der Waals surface area contributed by atoms with E-state index in [-0.39, 0.29) is 5.57 Å². The SMILES string of the molecule is CC/C(=C/c1ccc(Cl)cc1)C(=O)C(=O)O. The van der Waals surface area contributed by atoms with Crippen molar-refractivity contribution in [3.05, 3.63) is 40.4 Å². The second kappa shape index (κ2) is 5.47. The Morgan fingerprint density at radius 3 is 2.31 bits per heavy atom. The maximum atomic E-state index is 11.3. The second-order valence-corrected chi connectivity index (χ2v) is 3.65. The molecule has 4 heteroatoms. The topological polar surface area (TPSA) is 54.4 Å². The van der Waals surface area contributed by atoms with E-state index in [1.54, 1.807) is 37.3 Å². The van der Waals surface area contributed by atoms with E-state index in [9.17, 15) is 9.59 Å². The second-order valence-electron chi connectivity index (χ2n) is 3.21. The zero-order valence-electron chi connectivity index (χ0n) is 8.74. The summed E-state index contributed by atoms with van der Waals surface area (Å²) in [5, 5.41) is 9.19. The van der Waals surface area contributed by atoms with Gasteiger partial charge in [-0.25, -0.2) is 4.79 Å². The summed E-state index contributed by atoms with van der Waals surface area (Å²) in [5.74, 6) is -2.29. The van der Waals surface area contributed by atoms with E-state index in [1.807, 2.05) is 0 Å². The number of ketones is 1. The molecule has 0 heterocycles. The molecule has 1 rings (SSSR count). The van der Waals surface area contributed by atoms with Gasteiger partial charge in [-0.1, -0.05) is 30.7 Å². The van der Waals surface area contributed by atoms with Gasteiger partial charge in [0.1, 0.15) is 0 Å². The molecular formula is C12H11ClO3. The summed E-state index contributed by atoms with van der Waals surface area (Å²) in [7, 11) is 0. The van der Waals surface area contributed by atoms with Crippen LogP contribution in [-0.2, 0) is 9.59 Å². The molecule has 0 saturated heterocycles. The highest BCUT2D eigenvalue weighted by Crippen LogP contribution is 2.14. The van der Waals surface area contributed by atoms with Gasteiger partial charge in [-0.3, -0.25) is 4.79 Å². The first-order chi connectivity index (χ1) is 7.54. The molecule has 0 bridgehead atoms. The molecule has 16 heavy (non-hydrogen) atoms. The Hall–Kier alpha value is -1.61. The van der Waals surface area contributed by atoms with Crippen LogP contribution in [0.2, 0.25) is 5.02 Å². The fourth-order valence-electron chi connectivity index (χ4n) is 1.23. The van der Waals surface area contributed by atoms with Crippen molar-refractivity contribution in [3.63, 3.8) is 0 Å². The van der Waals surface area contributed by atoms with Crippen LogP contribution >= 0.6 is 11.6 Å². The van der Waals surface area contributed by atoms with Crippen LogP contribution in [0.25, 0.3) is 6.08 Å². The first-order valence-corrected chi connectivity index (χ1v) is 5.16. The van der Waals surface area contributed by atoms with Crippen LogP contribution < -0.4 is 0 Å². The first kappa shape index (κ1) is 12.5. The van der Waals surface area contributed by atoms with Crippen molar-refractivity contribution < 1.29 is 14.7 Å². The number of Topliss-reactive ketones (excluding diaryl/α,β-unsaturated/α-hetero) is 1. The van der Waals surface area contributed by atoms with Gasteiger partial charge in [0.2, 0.25) is 0 Å². The minimum atomic E-state index is -1.43. The third-order valence-corrected chi connectivity index (χ3v) is 2.33. The van der Waals surface area contributed by atoms with Crippen molar-refractivity contribution in [3.8, 4) is 0 Å². The molecule has 0 atom stereocenters. The Labute approximate surface area is 98.4 Å². The van der Waals surface area contributed by atoms with Crippen LogP contribution in [0.5, 0.6) is 0 Å². The monoisotopic (exact) mass is 238 g/mol. The van der Waals surface area contributed by atoms with Crippen LogP contribution in [0, 0.1) is 0 Å². The van der Waals surface area contributed by atoms with Crippen LogP contribution in [0.15, 0.2) is 29.8 Å². The standard InChI is InChI=1S/C12H11ClO3/c1-2-9(11(14)12(15)16)7-8-3-5-10(13)6-4-8/h3-7H,2H2,1H3,(H,15,16)/b9-7-. The van der Waals surface area contributed by atoms with E-state index in [2.05, 4.69) is 0 Å². The van der Waals surface area contributed by atoms with Crippen molar-refractivity contribution in [2.24, 2.45) is 0 Å². The average molecular weight is 239 g/mol. The largest absolute Gasteiger partial charge is 0.475 e. The number of carbonyl (C=O) groups is 2. The Morgan fingerprint density at radius 2 is 1.88 bits per heavy atom. The third-order valence-electron chi connectivity index (χ3n) is 2.08. The lowest BCUT2D eigenvalue weighted by Crippen LogP contribution is -2.14. The number of rotatable bonds is 4. The maximum absolute atomic E-state index is 11.3. The lowest BCUT2D eigenvalue weighted by atomic mass is 10.0. The molecule has 0 saturated carbocycles. The molecule has 0 unspecified atom stereocenters. The molecule has 0 aromatic heterocycles. The summed E-state index contributed by atoms with van der Waals surface area (Å²) >= 11 is 5.71. The molecule has 84 valence electrons. The van der Waals surface area contributed by atoms with Gasteiger partial charge in [-0.15, -0.1) is 0 Å². The smallest absolute Gasteiger partial charge is 0.376 e. The van der Waals surface area contributed by atoms with Gasteiger partial charge in [0.05, 0.1) is 0 Å². The molecule has 0 aliphatic rings. The molecule has 0 aliphatic heterocycles. The molecular weight excluding hydrogens is 228 g/mol. The predicted molar refractivity (Wildman–Crippen MR) is 62.4 cm³/mol. The van der Waals surface area contributed by atoms with Crippen molar-refractivity contribution in [2.45, 2.75) is 13.3 Å². The molecule has 1 aromatic carbocycles. The Balaban J connectivity index is 3.00. The summed E-state index contributed by atoms with van der Waals surface area (Å²) < 4.78 is 0. The fourth-order valence-corrected chi connectivity index (χ4v) is 1.35. The minimum absolute atomic E-state index is 0.273. The minimum Gasteiger partial charge on any atom is -0.475 e. The van der Waals surface area contributed by atoms with Crippen LogP contribution in [-0.4, -0.2) is 16.9 Å². The number of benzene rings is 1. The zero-order chi connectivity index (χ0) is 12.1. The van der Waals surface area contributed by atoms with Gasteiger partial charge >= 0.3 is 5.97 Å². The predicted octanol–water partition coefficient (Wildman–Crippen LogP) is 2.79. The number of carboxylic acid groups (broad SMARTS) is 1. The highest BCUT2D eigenvalue weighted by Gasteiger charge is 2.15. The highest BCUT2D eigenvalue weighted by molar-refractivity contribution is 6.40. The summed E-state index contributed by atoms with van der Waals surface area (Å²) in [4.78, 5) is 21.8. The lowest BCUT2D eigenvalue weighted by molar-refractivity contribution is -0.147. The van der Waals surface area contributed by atoms with Crippen molar-refractivity contribution >= 4 is 29.4 Å². The van der Waals surface area contributed by atoms with E-state index in [0.717, 1.165) is 5.56 Å². The molecule has 0 spiro atoms. The molecule has 0 aliphatic carbocycles. The lowest BCUT2D eigenvalue weighted by Gasteiger charge is -2.00. The number of hydrogen-bond donors (Lipinski definition) is 1. The van der Waals surface area contributed by atoms with E-state index in [0.29, 0.717) is 11.4 Å². The zero-order valence-corrected chi connectivity index (χ0v) is 9.49. The number of aliphatic carboxylic acids is 1. The molecule has 0 fully saturated rings. The maximum Gasteiger partial charge on any atom is 0.376 e. The van der Waals surface area contributed by atoms with Gasteiger partial charge in [0.15, 0.2) is 0 Å². The molecule has 1 N–H and O–H groups in total. The van der Waals surface area contributed by atoms with E-state index >= 15 is 0 Å². The Morgan fingerprint density at radius 1 is 1.31 bits per heavy atom. The summed E-state index contributed by atoms with van der Waals surface area (Å²) in [6.07, 6.45) is 1.94. The van der Waals surface area contributed by atoms with E-state index < -0.39 is 11.8 Å². The molecule has 0 amide bonds. The summed E-state index contributed by atoms with van der Waals surface area (Å²) in [5.41, 5.74) is 1.03. The Bertz CT molecular complexity index is 432. The number of carboxylic acids is 1. The van der Waals surface area contributed by atoms with Gasteiger partial charge in [0.25, 0.3) is 5.78 Å².